The van der Waals surface area contributed by atoms with Crippen LogP contribution < -0.4 is 10.6 Å². The smallest absolute Gasteiger partial charge is 0.396 e. The summed E-state index contributed by atoms with van der Waals surface area (Å²) in [5.74, 6) is 0. The third kappa shape index (κ3) is 3.33. The molecule has 0 spiro atoms. The van der Waals surface area contributed by atoms with Gasteiger partial charge in [-0.25, -0.2) is 4.98 Å². The average molecular weight is 289 g/mol. The van der Waals surface area contributed by atoms with E-state index in [1.807, 2.05) is 11.8 Å². The summed E-state index contributed by atoms with van der Waals surface area (Å²) >= 11 is 0. The first-order chi connectivity index (χ1) is 9.41. The second-order valence-corrected chi connectivity index (χ2v) is 4.79. The van der Waals surface area contributed by atoms with Crippen LogP contribution in [-0.2, 0) is 10.9 Å². The topological polar surface area (TPSA) is 51.4 Å². The molecular weight excluding hydrogens is 271 g/mol. The molecule has 2 heterocycles. The molecule has 112 valence electrons. The van der Waals surface area contributed by atoms with Gasteiger partial charge in [-0.15, -0.1) is 0 Å². The van der Waals surface area contributed by atoms with Crippen LogP contribution in [0.15, 0.2) is 12.3 Å². The molecule has 0 bridgehead atoms. The fraction of sp³-hybridized carbons (Fsp3) is 0.615. The summed E-state index contributed by atoms with van der Waals surface area (Å²) in [4.78, 5) is 5.20. The summed E-state index contributed by atoms with van der Waals surface area (Å²) in [6.07, 6.45) is -1.56. The van der Waals surface area contributed by atoms with Gasteiger partial charge in [-0.3, -0.25) is 0 Å². The van der Waals surface area contributed by atoms with Crippen LogP contribution >= 0.6 is 0 Å². The Morgan fingerprint density at radius 2 is 2.25 bits per heavy atom. The van der Waals surface area contributed by atoms with Crippen molar-refractivity contribution in [1.29, 1.82) is 0 Å². The summed E-state index contributed by atoms with van der Waals surface area (Å²) in [6.45, 7) is 3.73. The fourth-order valence-electron chi connectivity index (χ4n) is 2.41. The monoisotopic (exact) mass is 289 g/mol. The molecule has 1 atom stereocenters. The first-order valence-corrected chi connectivity index (χ1v) is 6.61. The number of alkyl halides is 3. The minimum atomic E-state index is -4.46. The highest BCUT2D eigenvalue weighted by molar-refractivity contribution is 5.67. The number of ether oxygens (including phenoxy) is 1. The lowest BCUT2D eigenvalue weighted by Gasteiger charge is -2.34. The van der Waals surface area contributed by atoms with Gasteiger partial charge in [0, 0.05) is 19.7 Å². The van der Waals surface area contributed by atoms with E-state index in [-0.39, 0.29) is 11.8 Å². The van der Waals surface area contributed by atoms with Crippen LogP contribution in [0.2, 0.25) is 0 Å². The zero-order valence-electron chi connectivity index (χ0n) is 11.3. The van der Waals surface area contributed by atoms with Crippen molar-refractivity contribution >= 4 is 11.4 Å². The number of anilines is 2. The number of piperidine rings is 1. The van der Waals surface area contributed by atoms with Gasteiger partial charge in [-0.1, -0.05) is 0 Å². The Hall–Kier alpha value is -1.50. The average Bonchev–Trinajstić information content (AvgIpc) is 2.38. The van der Waals surface area contributed by atoms with Gasteiger partial charge in [0.05, 0.1) is 23.7 Å². The van der Waals surface area contributed by atoms with Crippen molar-refractivity contribution in [3.8, 4) is 0 Å². The van der Waals surface area contributed by atoms with Gasteiger partial charge in [-0.05, 0) is 25.8 Å². The van der Waals surface area contributed by atoms with E-state index in [1.165, 1.54) is 0 Å². The molecular formula is C13H18F3N3O. The molecule has 1 saturated heterocycles. The van der Waals surface area contributed by atoms with Crippen LogP contribution in [0.25, 0.3) is 0 Å². The normalized spacial score (nSPS) is 20.2. The predicted octanol–water partition coefficient (Wildman–Crippen LogP) is 2.69. The Morgan fingerprint density at radius 1 is 1.50 bits per heavy atom. The maximum atomic E-state index is 12.7. The van der Waals surface area contributed by atoms with Gasteiger partial charge in [0.1, 0.15) is 5.69 Å². The van der Waals surface area contributed by atoms with E-state index in [0.29, 0.717) is 25.4 Å². The minimum absolute atomic E-state index is 0.0376. The largest absolute Gasteiger partial charge is 0.433 e. The lowest BCUT2D eigenvalue weighted by atomic mass is 10.1. The molecule has 2 N–H and O–H groups in total. The summed E-state index contributed by atoms with van der Waals surface area (Å²) in [6, 6.07) is 1.02. The third-order valence-corrected chi connectivity index (χ3v) is 3.32. The van der Waals surface area contributed by atoms with Crippen LogP contribution in [-0.4, -0.2) is 30.8 Å². The first kappa shape index (κ1) is 14.9. The number of rotatable bonds is 3. The molecule has 0 saturated carbocycles. The lowest BCUT2D eigenvalue weighted by molar-refractivity contribution is -0.141. The number of pyridine rings is 1. The molecule has 1 aromatic rings. The quantitative estimate of drug-likeness (QED) is 0.929. The molecule has 0 amide bonds. The number of nitrogens with two attached hydrogens (primary N) is 1. The van der Waals surface area contributed by atoms with Crippen LogP contribution in [0, 0.1) is 0 Å². The van der Waals surface area contributed by atoms with Crippen molar-refractivity contribution in [2.75, 3.05) is 30.3 Å². The number of nitrogens with zero attached hydrogens (tertiary/aromatic N) is 2. The Bertz CT molecular complexity index is 463. The molecule has 0 aliphatic carbocycles. The van der Waals surface area contributed by atoms with Crippen molar-refractivity contribution in [3.63, 3.8) is 0 Å². The van der Waals surface area contributed by atoms with Gasteiger partial charge < -0.3 is 15.4 Å². The lowest BCUT2D eigenvalue weighted by Crippen LogP contribution is -2.40. The minimum Gasteiger partial charge on any atom is -0.396 e. The molecule has 4 nitrogen and oxygen atoms in total. The van der Waals surface area contributed by atoms with Gasteiger partial charge in [0.2, 0.25) is 0 Å². The summed E-state index contributed by atoms with van der Waals surface area (Å²) < 4.78 is 43.7. The highest BCUT2D eigenvalue weighted by Crippen LogP contribution is 2.33. The molecule has 7 heteroatoms. The van der Waals surface area contributed by atoms with E-state index in [4.69, 9.17) is 10.5 Å². The summed E-state index contributed by atoms with van der Waals surface area (Å²) in [5.41, 5.74) is 5.50. The highest BCUT2D eigenvalue weighted by Gasteiger charge is 2.34. The number of hydrogen-bond acceptors (Lipinski definition) is 4. The molecule has 1 aliphatic heterocycles. The van der Waals surface area contributed by atoms with Crippen molar-refractivity contribution in [2.24, 2.45) is 0 Å². The molecule has 1 aromatic heterocycles. The van der Waals surface area contributed by atoms with Gasteiger partial charge in [0.25, 0.3) is 0 Å². The fourth-order valence-corrected chi connectivity index (χ4v) is 2.41. The van der Waals surface area contributed by atoms with E-state index in [9.17, 15) is 13.2 Å². The van der Waals surface area contributed by atoms with E-state index in [0.717, 1.165) is 25.1 Å². The van der Waals surface area contributed by atoms with Crippen LogP contribution in [0.1, 0.15) is 25.5 Å². The number of aromatic nitrogens is 1. The van der Waals surface area contributed by atoms with Crippen molar-refractivity contribution in [1.82, 2.24) is 4.98 Å². The number of halogens is 3. The van der Waals surface area contributed by atoms with E-state index in [1.54, 1.807) is 0 Å². The summed E-state index contributed by atoms with van der Waals surface area (Å²) in [7, 11) is 0. The molecule has 0 radical (unpaired) electrons. The van der Waals surface area contributed by atoms with Crippen molar-refractivity contribution < 1.29 is 17.9 Å². The van der Waals surface area contributed by atoms with Crippen molar-refractivity contribution in [3.05, 3.63) is 18.0 Å². The maximum Gasteiger partial charge on any atom is 0.433 e. The van der Waals surface area contributed by atoms with Gasteiger partial charge in [0.15, 0.2) is 0 Å². The molecule has 1 fully saturated rings. The van der Waals surface area contributed by atoms with E-state index < -0.39 is 11.9 Å². The van der Waals surface area contributed by atoms with E-state index in [2.05, 4.69) is 4.98 Å². The van der Waals surface area contributed by atoms with Gasteiger partial charge in [-0.2, -0.15) is 13.2 Å². The second kappa shape index (κ2) is 5.87. The second-order valence-electron chi connectivity index (χ2n) is 4.79. The Labute approximate surface area is 115 Å². The molecule has 20 heavy (non-hydrogen) atoms. The van der Waals surface area contributed by atoms with E-state index >= 15 is 0 Å². The third-order valence-electron chi connectivity index (χ3n) is 3.32. The first-order valence-electron chi connectivity index (χ1n) is 6.61. The van der Waals surface area contributed by atoms with Crippen molar-refractivity contribution in [2.45, 2.75) is 32.0 Å². The Morgan fingerprint density at radius 3 is 2.90 bits per heavy atom. The van der Waals surface area contributed by atoms with Gasteiger partial charge >= 0.3 is 6.18 Å². The SMILES string of the molecule is CCOC1CCCN(c2cc(C(F)(F)F)ncc2N)C1. The predicted molar refractivity (Wildman–Crippen MR) is 70.5 cm³/mol. The van der Waals surface area contributed by atoms with Crippen LogP contribution in [0.5, 0.6) is 0 Å². The molecule has 0 aromatic carbocycles. The molecule has 1 aliphatic rings. The summed E-state index contributed by atoms with van der Waals surface area (Å²) in [5, 5.41) is 0. The zero-order valence-corrected chi connectivity index (χ0v) is 11.3. The zero-order chi connectivity index (χ0) is 14.8. The Kier molecular flexibility index (Phi) is 4.37. The maximum absolute atomic E-state index is 12.7. The number of hydrogen-bond donors (Lipinski definition) is 1. The van der Waals surface area contributed by atoms with Crippen LogP contribution in [0.4, 0.5) is 24.5 Å². The van der Waals surface area contributed by atoms with Crippen LogP contribution in [0.3, 0.4) is 0 Å². The molecule has 2 rings (SSSR count). The molecule has 1 unspecified atom stereocenters. The standard InChI is InChI=1S/C13H18F3N3O/c1-2-20-9-4-3-5-19(8-9)11-6-12(13(14,15)16)18-7-10(11)17/h6-7,9H,2-5,8,17H2,1H3. The number of nitrogen functional groups attached to an aromatic ring is 1. The highest BCUT2D eigenvalue weighted by atomic mass is 19.4. The Balaban J connectivity index is 2.22.